The Morgan fingerprint density at radius 3 is 2.45 bits per heavy atom. The molecule has 9 nitrogen and oxygen atoms in total. The Labute approximate surface area is 227 Å². The number of rotatable bonds is 8. The van der Waals surface area contributed by atoms with Gasteiger partial charge in [0, 0.05) is 60.5 Å². The van der Waals surface area contributed by atoms with Crippen LogP contribution in [0.25, 0.3) is 11.1 Å². The molecule has 4 aromatic rings. The van der Waals surface area contributed by atoms with Crippen molar-refractivity contribution in [3.63, 3.8) is 0 Å². The molecular weight excluding hydrogens is 547 g/mol. The van der Waals surface area contributed by atoms with E-state index in [0.717, 1.165) is 11.0 Å². The number of nitrogens with zero attached hydrogens (tertiary/aromatic N) is 4. The fraction of sp³-hybridized carbons (Fsp3) is 0.185. The Morgan fingerprint density at radius 1 is 1.02 bits per heavy atom. The summed E-state index contributed by atoms with van der Waals surface area (Å²) in [7, 11) is -2.68. The maximum Gasteiger partial charge on any atom is 0.251 e. The summed E-state index contributed by atoms with van der Waals surface area (Å²) < 4.78 is 72.4. The quantitative estimate of drug-likeness (QED) is 0.348. The van der Waals surface area contributed by atoms with Crippen LogP contribution in [0, 0.1) is 17.5 Å². The maximum absolute atomic E-state index is 15.1. The van der Waals surface area contributed by atoms with Gasteiger partial charge in [0.25, 0.3) is 5.91 Å². The molecule has 5 rings (SSSR count). The maximum atomic E-state index is 15.1. The molecule has 0 aliphatic carbocycles. The lowest BCUT2D eigenvalue weighted by Crippen LogP contribution is -2.35. The van der Waals surface area contributed by atoms with Gasteiger partial charge in [-0.15, -0.1) is 0 Å². The molecule has 0 spiro atoms. The van der Waals surface area contributed by atoms with E-state index in [1.807, 2.05) is 0 Å². The van der Waals surface area contributed by atoms with E-state index in [9.17, 15) is 26.8 Å². The van der Waals surface area contributed by atoms with Crippen LogP contribution >= 0.6 is 0 Å². The number of fused-ring (bicyclic) bond motifs is 1. The molecular formula is C27H22F3N5O4S. The number of halogens is 3. The zero-order valence-electron chi connectivity index (χ0n) is 21.0. The molecule has 40 heavy (non-hydrogen) atoms. The molecule has 2 aromatic carbocycles. The number of aromatic nitrogens is 3. The lowest BCUT2D eigenvalue weighted by Gasteiger charge is -2.19. The van der Waals surface area contributed by atoms with Gasteiger partial charge in [0.2, 0.25) is 5.91 Å². The molecule has 3 heterocycles. The van der Waals surface area contributed by atoms with E-state index >= 15 is 4.39 Å². The van der Waals surface area contributed by atoms with Crippen LogP contribution in [0.4, 0.5) is 18.9 Å². The minimum atomic E-state index is -4.40. The molecule has 1 unspecified atom stereocenters. The van der Waals surface area contributed by atoms with E-state index in [0.29, 0.717) is 17.2 Å². The number of carbonyl (C=O) groups is 2. The Hall–Kier alpha value is -4.52. The normalized spacial score (nSPS) is 14.8. The molecule has 0 fully saturated rings. The van der Waals surface area contributed by atoms with Crippen molar-refractivity contribution in [3.8, 4) is 11.1 Å². The highest BCUT2D eigenvalue weighted by Gasteiger charge is 2.47. The number of aryl methyl sites for hydroxylation is 1. The molecule has 2 amide bonds. The topological polar surface area (TPSA) is 114 Å². The number of hydrogen-bond acceptors (Lipinski definition) is 6. The van der Waals surface area contributed by atoms with Crippen molar-refractivity contribution in [1.29, 1.82) is 0 Å². The van der Waals surface area contributed by atoms with E-state index in [1.165, 1.54) is 36.7 Å². The van der Waals surface area contributed by atoms with Crippen molar-refractivity contribution in [2.45, 2.75) is 11.8 Å². The number of anilines is 1. The molecule has 0 radical (unpaired) electrons. The molecule has 1 N–H and O–H groups in total. The van der Waals surface area contributed by atoms with Crippen LogP contribution in [0.5, 0.6) is 0 Å². The number of amides is 2. The SMILES string of the molecule is Cn1cc(-c2ccc(CN3C(=O)C(S(=O)(=O)CCNC(=O)c4ccncc4)c4c(F)cc(F)cc43)c(F)c2)cn1. The van der Waals surface area contributed by atoms with E-state index in [4.69, 9.17) is 0 Å². The Morgan fingerprint density at radius 2 is 1.77 bits per heavy atom. The van der Waals surface area contributed by atoms with Gasteiger partial charge < -0.3 is 10.2 Å². The van der Waals surface area contributed by atoms with Crippen LogP contribution in [-0.2, 0) is 28.2 Å². The zero-order valence-corrected chi connectivity index (χ0v) is 21.8. The van der Waals surface area contributed by atoms with E-state index in [-0.39, 0.29) is 23.4 Å². The molecule has 1 atom stereocenters. The summed E-state index contributed by atoms with van der Waals surface area (Å²) in [5, 5.41) is 4.50. The third-order valence-electron chi connectivity index (χ3n) is 6.51. The van der Waals surface area contributed by atoms with Crippen LogP contribution in [0.15, 0.2) is 67.3 Å². The van der Waals surface area contributed by atoms with Gasteiger partial charge in [0.05, 0.1) is 24.2 Å². The lowest BCUT2D eigenvalue weighted by atomic mass is 10.1. The molecule has 13 heteroatoms. The lowest BCUT2D eigenvalue weighted by molar-refractivity contribution is -0.117. The summed E-state index contributed by atoms with van der Waals surface area (Å²) in [6.07, 6.45) is 6.03. The minimum absolute atomic E-state index is 0.0132. The van der Waals surface area contributed by atoms with Gasteiger partial charge in [-0.2, -0.15) is 5.10 Å². The van der Waals surface area contributed by atoms with Gasteiger partial charge in [-0.25, -0.2) is 21.6 Å². The first kappa shape index (κ1) is 27.1. The van der Waals surface area contributed by atoms with Crippen molar-refractivity contribution in [3.05, 3.63) is 101 Å². The first-order valence-corrected chi connectivity index (χ1v) is 13.7. The highest BCUT2D eigenvalue weighted by molar-refractivity contribution is 7.92. The monoisotopic (exact) mass is 569 g/mol. The van der Waals surface area contributed by atoms with Crippen molar-refractivity contribution < 1.29 is 31.2 Å². The minimum Gasteiger partial charge on any atom is -0.351 e. The number of sulfone groups is 1. The third kappa shape index (κ3) is 5.19. The Balaban J connectivity index is 1.40. The van der Waals surface area contributed by atoms with Gasteiger partial charge in [0.15, 0.2) is 15.1 Å². The molecule has 0 bridgehead atoms. The van der Waals surface area contributed by atoms with Crippen LogP contribution in [0.2, 0.25) is 0 Å². The first-order chi connectivity index (χ1) is 19.0. The number of nitrogens with one attached hydrogen (secondary N) is 1. The van der Waals surface area contributed by atoms with Crippen molar-refractivity contribution >= 4 is 27.3 Å². The molecule has 0 saturated carbocycles. The predicted molar refractivity (Wildman–Crippen MR) is 139 cm³/mol. The average molecular weight is 570 g/mol. The second-order valence-electron chi connectivity index (χ2n) is 9.19. The van der Waals surface area contributed by atoms with E-state index < -0.39 is 62.2 Å². The van der Waals surface area contributed by atoms with Crippen LogP contribution in [0.1, 0.15) is 26.7 Å². The fourth-order valence-electron chi connectivity index (χ4n) is 4.56. The van der Waals surface area contributed by atoms with Gasteiger partial charge in [-0.3, -0.25) is 19.3 Å². The Kier molecular flexibility index (Phi) is 7.15. The smallest absolute Gasteiger partial charge is 0.251 e. The Bertz CT molecular complexity index is 1730. The largest absolute Gasteiger partial charge is 0.351 e. The second-order valence-corrected chi connectivity index (χ2v) is 11.4. The van der Waals surface area contributed by atoms with Gasteiger partial charge in [-0.05, 0) is 29.8 Å². The van der Waals surface area contributed by atoms with Gasteiger partial charge in [-0.1, -0.05) is 12.1 Å². The number of pyridine rings is 1. The third-order valence-corrected chi connectivity index (χ3v) is 8.44. The summed E-state index contributed by atoms with van der Waals surface area (Å²) in [6, 6.07) is 8.46. The molecule has 1 aliphatic heterocycles. The van der Waals surface area contributed by atoms with Gasteiger partial charge >= 0.3 is 0 Å². The molecule has 1 aliphatic rings. The molecule has 206 valence electrons. The van der Waals surface area contributed by atoms with E-state index in [2.05, 4.69) is 15.4 Å². The van der Waals surface area contributed by atoms with Crippen LogP contribution in [0.3, 0.4) is 0 Å². The molecule has 2 aromatic heterocycles. The van der Waals surface area contributed by atoms with Crippen LogP contribution < -0.4 is 10.2 Å². The average Bonchev–Trinajstić information content (AvgIpc) is 3.47. The second kappa shape index (κ2) is 10.6. The first-order valence-electron chi connectivity index (χ1n) is 12.0. The van der Waals surface area contributed by atoms with Crippen molar-refractivity contribution in [2.75, 3.05) is 17.2 Å². The predicted octanol–water partition coefficient (Wildman–Crippen LogP) is 3.33. The van der Waals surface area contributed by atoms with Gasteiger partial charge in [0.1, 0.15) is 17.5 Å². The van der Waals surface area contributed by atoms with Crippen molar-refractivity contribution in [2.24, 2.45) is 7.05 Å². The zero-order chi connectivity index (χ0) is 28.6. The summed E-state index contributed by atoms with van der Waals surface area (Å²) in [5.74, 6) is -5.24. The van der Waals surface area contributed by atoms with Crippen LogP contribution in [-0.4, -0.2) is 47.3 Å². The molecule has 0 saturated heterocycles. The number of benzene rings is 2. The summed E-state index contributed by atoms with van der Waals surface area (Å²) in [5.41, 5.74) is 0.626. The summed E-state index contributed by atoms with van der Waals surface area (Å²) >= 11 is 0. The standard InChI is InChI=1S/C27H22F3N5O4S/c1-34-14-19(13-33-34)17-2-3-18(21(29)10-17)15-35-23-12-20(28)11-22(30)24(23)25(27(35)37)40(38,39)9-8-32-26(36)16-4-6-31-7-5-16/h2-7,10-14,25H,8-9,15H2,1H3,(H,32,36). The highest BCUT2D eigenvalue weighted by atomic mass is 32.2. The fourth-order valence-corrected chi connectivity index (χ4v) is 6.21. The number of carbonyl (C=O) groups excluding carboxylic acids is 2. The highest BCUT2D eigenvalue weighted by Crippen LogP contribution is 2.43. The summed E-state index contributed by atoms with van der Waals surface area (Å²) in [4.78, 5) is 30.3. The number of hydrogen-bond donors (Lipinski definition) is 1. The van der Waals surface area contributed by atoms with E-state index in [1.54, 1.807) is 30.2 Å². The summed E-state index contributed by atoms with van der Waals surface area (Å²) in [6.45, 7) is -0.825. The van der Waals surface area contributed by atoms with Crippen molar-refractivity contribution in [1.82, 2.24) is 20.1 Å².